The van der Waals surface area contributed by atoms with Gasteiger partial charge in [-0.2, -0.15) is 0 Å². The minimum atomic E-state index is -0.322. The summed E-state index contributed by atoms with van der Waals surface area (Å²) < 4.78 is 5.47. The summed E-state index contributed by atoms with van der Waals surface area (Å²) in [6, 6.07) is 13.7. The third-order valence-corrected chi connectivity index (χ3v) is 3.94. The molecule has 132 valence electrons. The SMILES string of the molecule is O=C(NCCOc1ccc(-c2ccccn2)nn1)c1cc(Cl)ccc1Cl. The number of ether oxygens (including phenoxy) is 1. The highest BCUT2D eigenvalue weighted by Gasteiger charge is 2.10. The van der Waals surface area contributed by atoms with E-state index in [0.29, 0.717) is 27.2 Å². The zero-order valence-electron chi connectivity index (χ0n) is 13.5. The fourth-order valence-corrected chi connectivity index (χ4v) is 2.51. The van der Waals surface area contributed by atoms with Crippen molar-refractivity contribution in [3.05, 3.63) is 70.3 Å². The molecular formula is C18H14Cl2N4O2. The third-order valence-electron chi connectivity index (χ3n) is 3.38. The molecule has 0 saturated heterocycles. The van der Waals surface area contributed by atoms with Gasteiger partial charge in [-0.3, -0.25) is 9.78 Å². The summed E-state index contributed by atoms with van der Waals surface area (Å²) in [6.07, 6.45) is 1.69. The molecule has 26 heavy (non-hydrogen) atoms. The average molecular weight is 389 g/mol. The maximum absolute atomic E-state index is 12.1. The van der Waals surface area contributed by atoms with E-state index in [-0.39, 0.29) is 19.1 Å². The van der Waals surface area contributed by atoms with Gasteiger partial charge in [-0.15, -0.1) is 10.2 Å². The summed E-state index contributed by atoms with van der Waals surface area (Å²) in [5, 5.41) is 11.6. The first-order valence-corrected chi connectivity index (χ1v) is 8.50. The molecule has 0 radical (unpaired) electrons. The number of amides is 1. The van der Waals surface area contributed by atoms with Crippen molar-refractivity contribution in [1.82, 2.24) is 20.5 Å². The van der Waals surface area contributed by atoms with E-state index in [1.807, 2.05) is 18.2 Å². The third kappa shape index (κ3) is 4.68. The molecule has 2 heterocycles. The molecule has 2 aromatic heterocycles. The molecule has 0 bridgehead atoms. The van der Waals surface area contributed by atoms with Crippen molar-refractivity contribution >= 4 is 29.1 Å². The number of carbonyl (C=O) groups is 1. The van der Waals surface area contributed by atoms with Crippen LogP contribution in [0.3, 0.4) is 0 Å². The van der Waals surface area contributed by atoms with Crippen LogP contribution in [0.4, 0.5) is 0 Å². The fraction of sp³-hybridized carbons (Fsp3) is 0.111. The molecule has 0 spiro atoms. The van der Waals surface area contributed by atoms with Crippen LogP contribution in [0.15, 0.2) is 54.7 Å². The molecule has 0 unspecified atom stereocenters. The molecule has 3 rings (SSSR count). The Morgan fingerprint density at radius 3 is 2.65 bits per heavy atom. The highest BCUT2D eigenvalue weighted by Crippen LogP contribution is 2.20. The first-order chi connectivity index (χ1) is 12.6. The van der Waals surface area contributed by atoms with Gasteiger partial charge in [-0.1, -0.05) is 29.3 Å². The lowest BCUT2D eigenvalue weighted by Gasteiger charge is -2.08. The molecule has 0 aliphatic carbocycles. The van der Waals surface area contributed by atoms with Crippen LogP contribution in [-0.4, -0.2) is 34.2 Å². The van der Waals surface area contributed by atoms with E-state index >= 15 is 0 Å². The van der Waals surface area contributed by atoms with Crippen LogP contribution >= 0.6 is 23.2 Å². The van der Waals surface area contributed by atoms with E-state index in [1.165, 1.54) is 6.07 Å². The Morgan fingerprint density at radius 1 is 1.04 bits per heavy atom. The van der Waals surface area contributed by atoms with Crippen LogP contribution in [-0.2, 0) is 0 Å². The van der Waals surface area contributed by atoms with E-state index < -0.39 is 0 Å². The van der Waals surface area contributed by atoms with Gasteiger partial charge in [-0.25, -0.2) is 0 Å². The van der Waals surface area contributed by atoms with Crippen molar-refractivity contribution in [2.75, 3.05) is 13.2 Å². The van der Waals surface area contributed by atoms with Crippen molar-refractivity contribution in [1.29, 1.82) is 0 Å². The molecule has 1 aromatic carbocycles. The maximum Gasteiger partial charge on any atom is 0.252 e. The number of benzene rings is 1. The van der Waals surface area contributed by atoms with Crippen LogP contribution in [0.2, 0.25) is 10.0 Å². The number of halogens is 2. The summed E-state index contributed by atoms with van der Waals surface area (Å²) in [5.41, 5.74) is 1.71. The molecule has 1 amide bonds. The van der Waals surface area contributed by atoms with Crippen molar-refractivity contribution in [3.8, 4) is 17.3 Å². The van der Waals surface area contributed by atoms with Gasteiger partial charge in [0, 0.05) is 17.3 Å². The quantitative estimate of drug-likeness (QED) is 0.652. The van der Waals surface area contributed by atoms with Crippen molar-refractivity contribution in [2.24, 2.45) is 0 Å². The highest BCUT2D eigenvalue weighted by atomic mass is 35.5. The molecule has 8 heteroatoms. The van der Waals surface area contributed by atoms with Crippen LogP contribution in [0.25, 0.3) is 11.4 Å². The van der Waals surface area contributed by atoms with E-state index in [1.54, 1.807) is 30.5 Å². The average Bonchev–Trinajstić information content (AvgIpc) is 2.68. The second-order valence-corrected chi connectivity index (χ2v) is 6.04. The normalized spacial score (nSPS) is 10.4. The standard InChI is InChI=1S/C18H14Cl2N4O2/c19-12-4-5-14(20)13(11-12)18(25)22-9-10-26-17-7-6-16(23-24-17)15-3-1-2-8-21-15/h1-8,11H,9-10H2,(H,22,25). The van der Waals surface area contributed by atoms with Gasteiger partial charge < -0.3 is 10.1 Å². The lowest BCUT2D eigenvalue weighted by atomic mass is 10.2. The number of rotatable bonds is 6. The van der Waals surface area contributed by atoms with Crippen molar-refractivity contribution < 1.29 is 9.53 Å². The first-order valence-electron chi connectivity index (χ1n) is 7.74. The Labute approximate surface area is 160 Å². The second kappa shape index (κ2) is 8.60. The summed E-state index contributed by atoms with van der Waals surface area (Å²) in [4.78, 5) is 16.3. The van der Waals surface area contributed by atoms with Crippen LogP contribution in [0.1, 0.15) is 10.4 Å². The molecule has 0 aliphatic rings. The van der Waals surface area contributed by atoms with E-state index in [0.717, 1.165) is 5.69 Å². The van der Waals surface area contributed by atoms with E-state index in [9.17, 15) is 4.79 Å². The maximum atomic E-state index is 12.1. The molecule has 0 aliphatic heterocycles. The number of nitrogens with zero attached hydrogens (tertiary/aromatic N) is 3. The van der Waals surface area contributed by atoms with E-state index in [4.69, 9.17) is 27.9 Å². The number of pyridine rings is 1. The number of hydrogen-bond acceptors (Lipinski definition) is 5. The molecule has 1 N–H and O–H groups in total. The Morgan fingerprint density at radius 2 is 1.92 bits per heavy atom. The van der Waals surface area contributed by atoms with Gasteiger partial charge in [0.25, 0.3) is 5.91 Å². The minimum Gasteiger partial charge on any atom is -0.475 e. The van der Waals surface area contributed by atoms with E-state index in [2.05, 4.69) is 20.5 Å². The summed E-state index contributed by atoms with van der Waals surface area (Å²) in [7, 11) is 0. The Bertz CT molecular complexity index is 889. The number of aromatic nitrogens is 3. The molecule has 3 aromatic rings. The molecular weight excluding hydrogens is 375 g/mol. The predicted octanol–water partition coefficient (Wildman–Crippen LogP) is 3.65. The van der Waals surface area contributed by atoms with Crippen LogP contribution in [0, 0.1) is 0 Å². The van der Waals surface area contributed by atoms with Crippen molar-refractivity contribution in [3.63, 3.8) is 0 Å². The molecule has 6 nitrogen and oxygen atoms in total. The lowest BCUT2D eigenvalue weighted by Crippen LogP contribution is -2.28. The summed E-state index contributed by atoms with van der Waals surface area (Å²) in [6.45, 7) is 0.521. The van der Waals surface area contributed by atoms with Gasteiger partial charge in [0.2, 0.25) is 5.88 Å². The minimum absolute atomic E-state index is 0.238. The fourth-order valence-electron chi connectivity index (χ4n) is 2.13. The number of carbonyl (C=O) groups excluding carboxylic acids is 1. The summed E-state index contributed by atoms with van der Waals surface area (Å²) in [5.74, 6) is 0.0393. The largest absolute Gasteiger partial charge is 0.475 e. The number of nitrogens with one attached hydrogen (secondary N) is 1. The molecule has 0 atom stereocenters. The second-order valence-electron chi connectivity index (χ2n) is 5.20. The Balaban J connectivity index is 1.49. The van der Waals surface area contributed by atoms with Crippen molar-refractivity contribution in [2.45, 2.75) is 0 Å². The smallest absolute Gasteiger partial charge is 0.252 e. The van der Waals surface area contributed by atoms with Gasteiger partial charge in [0.05, 0.1) is 22.8 Å². The zero-order chi connectivity index (χ0) is 18.4. The Hall–Kier alpha value is -2.70. The molecule has 0 fully saturated rings. The number of hydrogen-bond donors (Lipinski definition) is 1. The Kier molecular flexibility index (Phi) is 5.99. The lowest BCUT2D eigenvalue weighted by molar-refractivity contribution is 0.0946. The van der Waals surface area contributed by atoms with Gasteiger partial charge >= 0.3 is 0 Å². The van der Waals surface area contributed by atoms with Gasteiger partial charge in [-0.05, 0) is 36.4 Å². The summed E-state index contributed by atoms with van der Waals surface area (Å²) >= 11 is 11.9. The predicted molar refractivity (Wildman–Crippen MR) is 99.6 cm³/mol. The van der Waals surface area contributed by atoms with Gasteiger partial charge in [0.1, 0.15) is 12.3 Å². The highest BCUT2D eigenvalue weighted by molar-refractivity contribution is 6.35. The van der Waals surface area contributed by atoms with Gasteiger partial charge in [0.15, 0.2) is 0 Å². The molecule has 0 saturated carbocycles. The first kappa shape index (κ1) is 18.1. The monoisotopic (exact) mass is 388 g/mol. The van der Waals surface area contributed by atoms with Crippen LogP contribution in [0.5, 0.6) is 5.88 Å². The zero-order valence-corrected chi connectivity index (χ0v) is 15.0. The van der Waals surface area contributed by atoms with Crippen LogP contribution < -0.4 is 10.1 Å². The topological polar surface area (TPSA) is 77.0 Å².